The van der Waals surface area contributed by atoms with Gasteiger partial charge >= 0.3 is 5.97 Å². The summed E-state index contributed by atoms with van der Waals surface area (Å²) in [6, 6.07) is 1.33. The zero-order chi connectivity index (χ0) is 14.2. The fraction of sp³-hybridized carbons (Fsp3) is 0.455. The van der Waals surface area contributed by atoms with E-state index in [-0.39, 0.29) is 34.2 Å². The number of rotatable bonds is 2. The number of halogens is 2. The van der Waals surface area contributed by atoms with E-state index in [0.29, 0.717) is 6.54 Å². The lowest BCUT2D eigenvalue weighted by Crippen LogP contribution is -2.30. The number of amides is 1. The summed E-state index contributed by atoms with van der Waals surface area (Å²) in [5.41, 5.74) is 0.139. The van der Waals surface area contributed by atoms with Crippen LogP contribution in [-0.4, -0.2) is 45.2 Å². The lowest BCUT2D eigenvalue weighted by Gasteiger charge is -2.16. The van der Waals surface area contributed by atoms with E-state index in [0.717, 1.165) is 0 Å². The number of hydrogen-bond donors (Lipinski definition) is 1. The molecule has 0 aliphatic carbocycles. The Bertz CT molecular complexity index is 538. The molecule has 19 heavy (non-hydrogen) atoms. The number of nitrogens with zero attached hydrogens (tertiary/aromatic N) is 3. The maximum absolute atomic E-state index is 12.3. The Hall–Kier alpha value is -1.40. The molecule has 1 fully saturated rings. The lowest BCUT2D eigenvalue weighted by atomic mass is 9.99. The fourth-order valence-corrected chi connectivity index (χ4v) is 2.45. The van der Waals surface area contributed by atoms with Gasteiger partial charge in [-0.3, -0.25) is 9.59 Å². The van der Waals surface area contributed by atoms with Crippen LogP contribution in [0.1, 0.15) is 17.3 Å². The maximum Gasteiger partial charge on any atom is 0.308 e. The first-order valence-electron chi connectivity index (χ1n) is 5.61. The Morgan fingerprint density at radius 2 is 2.05 bits per heavy atom. The van der Waals surface area contributed by atoms with Crippen LogP contribution >= 0.6 is 23.2 Å². The second kappa shape index (κ2) is 5.30. The van der Waals surface area contributed by atoms with Crippen molar-refractivity contribution in [3.8, 4) is 0 Å². The number of aliphatic carboxylic acids is 1. The first-order chi connectivity index (χ1) is 8.90. The fourth-order valence-electron chi connectivity index (χ4n) is 2.13. The van der Waals surface area contributed by atoms with Crippen LogP contribution in [0.15, 0.2) is 6.07 Å². The minimum Gasteiger partial charge on any atom is -0.481 e. The number of hydrogen-bond acceptors (Lipinski definition) is 4. The molecule has 2 heterocycles. The Morgan fingerprint density at radius 3 is 2.63 bits per heavy atom. The van der Waals surface area contributed by atoms with E-state index < -0.39 is 11.9 Å². The molecule has 2 atom stereocenters. The molecule has 0 aromatic carbocycles. The molecular formula is C11H11Cl2N3O3. The predicted molar refractivity (Wildman–Crippen MR) is 68.2 cm³/mol. The molecule has 0 spiro atoms. The molecule has 1 aromatic rings. The van der Waals surface area contributed by atoms with Gasteiger partial charge in [-0.05, 0) is 12.0 Å². The van der Waals surface area contributed by atoms with Crippen molar-refractivity contribution in [2.75, 3.05) is 13.1 Å². The van der Waals surface area contributed by atoms with Gasteiger partial charge in [-0.2, -0.15) is 0 Å². The number of likely N-dealkylation sites (tertiary alicyclic amines) is 1. The van der Waals surface area contributed by atoms with Gasteiger partial charge in [0.1, 0.15) is 0 Å². The second-order valence-electron chi connectivity index (χ2n) is 4.50. The standard InChI is InChI=1S/C11H11Cl2N3O3/c1-5-3-16(4-7(5)11(18)19)10(17)6-2-8(12)14-15-9(6)13/h2,5,7H,3-4H2,1H3,(H,18,19)/t5-,7-/m1/s1. The normalized spacial score (nSPS) is 22.6. The molecule has 0 unspecified atom stereocenters. The van der Waals surface area contributed by atoms with Crippen LogP contribution in [0.2, 0.25) is 10.3 Å². The van der Waals surface area contributed by atoms with E-state index in [9.17, 15) is 9.59 Å². The maximum atomic E-state index is 12.3. The van der Waals surface area contributed by atoms with E-state index in [2.05, 4.69) is 10.2 Å². The molecule has 102 valence electrons. The molecular weight excluding hydrogens is 293 g/mol. The lowest BCUT2D eigenvalue weighted by molar-refractivity contribution is -0.142. The van der Waals surface area contributed by atoms with Crippen LogP contribution in [-0.2, 0) is 4.79 Å². The van der Waals surface area contributed by atoms with Gasteiger partial charge in [0.05, 0.1) is 11.5 Å². The highest BCUT2D eigenvalue weighted by Crippen LogP contribution is 2.26. The van der Waals surface area contributed by atoms with E-state index >= 15 is 0 Å². The summed E-state index contributed by atoms with van der Waals surface area (Å²) in [4.78, 5) is 24.7. The molecule has 1 aromatic heterocycles. The first kappa shape index (κ1) is 14.0. The highest BCUT2D eigenvalue weighted by molar-refractivity contribution is 6.34. The highest BCUT2D eigenvalue weighted by Gasteiger charge is 2.37. The molecule has 0 bridgehead atoms. The zero-order valence-electron chi connectivity index (χ0n) is 10.0. The summed E-state index contributed by atoms with van der Waals surface area (Å²) in [5.74, 6) is -1.95. The number of carboxylic acids is 1. The molecule has 1 aliphatic rings. The van der Waals surface area contributed by atoms with Gasteiger partial charge in [-0.1, -0.05) is 30.1 Å². The van der Waals surface area contributed by atoms with Crippen LogP contribution in [0.3, 0.4) is 0 Å². The van der Waals surface area contributed by atoms with Crippen LogP contribution in [0.4, 0.5) is 0 Å². The Kier molecular flexibility index (Phi) is 3.91. The van der Waals surface area contributed by atoms with E-state index in [1.807, 2.05) is 0 Å². The van der Waals surface area contributed by atoms with Crippen molar-refractivity contribution < 1.29 is 14.7 Å². The van der Waals surface area contributed by atoms with Crippen molar-refractivity contribution in [2.45, 2.75) is 6.92 Å². The SMILES string of the molecule is C[C@@H]1CN(C(=O)c2cc(Cl)nnc2Cl)C[C@H]1C(=O)O. The zero-order valence-corrected chi connectivity index (χ0v) is 11.5. The van der Waals surface area contributed by atoms with Gasteiger partial charge in [0.15, 0.2) is 10.3 Å². The van der Waals surface area contributed by atoms with Crippen molar-refractivity contribution in [1.29, 1.82) is 0 Å². The van der Waals surface area contributed by atoms with Gasteiger partial charge in [-0.25, -0.2) is 0 Å². The molecule has 8 heteroatoms. The van der Waals surface area contributed by atoms with Gasteiger partial charge in [0.2, 0.25) is 0 Å². The average Bonchev–Trinajstić information content (AvgIpc) is 2.74. The predicted octanol–water partition coefficient (Wildman–Crippen LogP) is 1.58. The van der Waals surface area contributed by atoms with Gasteiger partial charge < -0.3 is 10.0 Å². The first-order valence-corrected chi connectivity index (χ1v) is 6.36. The number of aromatic nitrogens is 2. The van der Waals surface area contributed by atoms with Gasteiger partial charge in [0.25, 0.3) is 5.91 Å². The van der Waals surface area contributed by atoms with Crippen LogP contribution in [0, 0.1) is 11.8 Å². The Morgan fingerprint density at radius 1 is 1.37 bits per heavy atom. The smallest absolute Gasteiger partial charge is 0.308 e. The molecule has 6 nitrogen and oxygen atoms in total. The number of carboxylic acid groups (broad SMARTS) is 1. The largest absolute Gasteiger partial charge is 0.481 e. The molecule has 1 saturated heterocycles. The van der Waals surface area contributed by atoms with Crippen LogP contribution in [0.5, 0.6) is 0 Å². The summed E-state index contributed by atoms with van der Waals surface area (Å²) in [7, 11) is 0. The third-order valence-electron chi connectivity index (χ3n) is 3.17. The van der Waals surface area contributed by atoms with Crippen LogP contribution < -0.4 is 0 Å². The quantitative estimate of drug-likeness (QED) is 0.896. The second-order valence-corrected chi connectivity index (χ2v) is 5.25. The van der Waals surface area contributed by atoms with Gasteiger partial charge in [-0.15, -0.1) is 10.2 Å². The summed E-state index contributed by atoms with van der Waals surface area (Å²) >= 11 is 11.5. The average molecular weight is 304 g/mol. The summed E-state index contributed by atoms with van der Waals surface area (Å²) in [6.07, 6.45) is 0. The minimum absolute atomic E-state index is 0.0409. The minimum atomic E-state index is -0.903. The number of carbonyl (C=O) groups excluding carboxylic acids is 1. The van der Waals surface area contributed by atoms with Crippen LogP contribution in [0.25, 0.3) is 0 Å². The van der Waals surface area contributed by atoms with Gasteiger partial charge in [0, 0.05) is 13.1 Å². The molecule has 1 N–H and O–H groups in total. The monoisotopic (exact) mass is 303 g/mol. The molecule has 2 rings (SSSR count). The van der Waals surface area contributed by atoms with E-state index in [1.165, 1.54) is 11.0 Å². The van der Waals surface area contributed by atoms with Crippen molar-refractivity contribution in [3.05, 3.63) is 21.9 Å². The third-order valence-corrected chi connectivity index (χ3v) is 3.63. The Labute approximate surface area is 119 Å². The van der Waals surface area contributed by atoms with E-state index in [4.69, 9.17) is 28.3 Å². The molecule has 1 aliphatic heterocycles. The Balaban J connectivity index is 2.22. The molecule has 1 amide bonds. The van der Waals surface area contributed by atoms with Crippen molar-refractivity contribution in [2.24, 2.45) is 11.8 Å². The van der Waals surface area contributed by atoms with Crippen molar-refractivity contribution in [1.82, 2.24) is 15.1 Å². The number of carbonyl (C=O) groups is 2. The molecule has 0 saturated carbocycles. The topological polar surface area (TPSA) is 83.4 Å². The summed E-state index contributed by atoms with van der Waals surface area (Å²) in [6.45, 7) is 2.32. The van der Waals surface area contributed by atoms with E-state index in [1.54, 1.807) is 6.92 Å². The van der Waals surface area contributed by atoms with Crippen molar-refractivity contribution >= 4 is 35.1 Å². The summed E-state index contributed by atoms with van der Waals surface area (Å²) in [5, 5.41) is 16.2. The highest BCUT2D eigenvalue weighted by atomic mass is 35.5. The van der Waals surface area contributed by atoms with Crippen molar-refractivity contribution in [3.63, 3.8) is 0 Å². The summed E-state index contributed by atoms with van der Waals surface area (Å²) < 4.78 is 0. The third kappa shape index (κ3) is 2.79. The molecule has 0 radical (unpaired) electrons.